The Kier molecular flexibility index (Phi) is 4.75. The summed E-state index contributed by atoms with van der Waals surface area (Å²) in [6.07, 6.45) is 0. The number of H-pyrrole nitrogens is 1. The number of ether oxygens (including phenoxy) is 1. The quantitative estimate of drug-likeness (QED) is 0.729. The number of nitrogens with zero attached hydrogens (tertiary/aromatic N) is 3. The highest BCUT2D eigenvalue weighted by molar-refractivity contribution is 7.89. The Labute approximate surface area is 158 Å². The molecule has 8 heteroatoms. The summed E-state index contributed by atoms with van der Waals surface area (Å²) >= 11 is 0. The van der Waals surface area contributed by atoms with Crippen LogP contribution in [0.1, 0.15) is 6.92 Å². The van der Waals surface area contributed by atoms with Gasteiger partial charge in [-0.1, -0.05) is 24.3 Å². The second-order valence-corrected chi connectivity index (χ2v) is 8.25. The van der Waals surface area contributed by atoms with E-state index in [9.17, 15) is 8.42 Å². The third-order valence-electron chi connectivity index (χ3n) is 4.68. The summed E-state index contributed by atoms with van der Waals surface area (Å²) < 4.78 is 33.2. The third kappa shape index (κ3) is 3.38. The Hall–Kier alpha value is -2.58. The van der Waals surface area contributed by atoms with Crippen LogP contribution in [0.5, 0.6) is 5.75 Å². The molecule has 0 spiro atoms. The minimum atomic E-state index is -3.59. The molecule has 1 aliphatic rings. The number of rotatable bonds is 5. The Bertz CT molecular complexity index is 1010. The van der Waals surface area contributed by atoms with Crippen LogP contribution in [0.2, 0.25) is 0 Å². The van der Waals surface area contributed by atoms with Gasteiger partial charge in [-0.25, -0.2) is 13.4 Å². The second-order valence-electron chi connectivity index (χ2n) is 6.35. The van der Waals surface area contributed by atoms with E-state index in [4.69, 9.17) is 4.74 Å². The number of imidazole rings is 1. The number of aromatic amines is 1. The van der Waals surface area contributed by atoms with Crippen LogP contribution in [0.3, 0.4) is 0 Å². The van der Waals surface area contributed by atoms with E-state index >= 15 is 0 Å². The zero-order valence-electron chi connectivity index (χ0n) is 15.1. The molecule has 1 aliphatic heterocycles. The number of anilines is 1. The molecular weight excluding hydrogens is 364 g/mol. The van der Waals surface area contributed by atoms with Gasteiger partial charge in [0, 0.05) is 26.2 Å². The highest BCUT2D eigenvalue weighted by atomic mass is 32.2. The van der Waals surface area contributed by atoms with Crippen molar-refractivity contribution < 1.29 is 13.2 Å². The summed E-state index contributed by atoms with van der Waals surface area (Å²) in [5.41, 5.74) is 1.89. The molecule has 0 radical (unpaired) electrons. The van der Waals surface area contributed by atoms with E-state index in [2.05, 4.69) is 14.9 Å². The van der Waals surface area contributed by atoms with Crippen LogP contribution >= 0.6 is 0 Å². The minimum absolute atomic E-state index is 0.226. The first-order valence-electron chi connectivity index (χ1n) is 9.01. The van der Waals surface area contributed by atoms with Crippen LogP contribution in [-0.2, 0) is 10.0 Å². The van der Waals surface area contributed by atoms with Gasteiger partial charge >= 0.3 is 0 Å². The molecule has 7 nitrogen and oxygen atoms in total. The average Bonchev–Trinajstić information content (AvgIpc) is 3.13. The molecule has 0 aliphatic carbocycles. The van der Waals surface area contributed by atoms with E-state index in [0.717, 1.165) is 17.0 Å². The summed E-state index contributed by atoms with van der Waals surface area (Å²) in [7, 11) is -3.59. The summed E-state index contributed by atoms with van der Waals surface area (Å²) in [6, 6.07) is 14.7. The summed E-state index contributed by atoms with van der Waals surface area (Å²) in [5, 5.41) is 0. The second kappa shape index (κ2) is 7.21. The molecule has 1 N–H and O–H groups in total. The molecule has 0 bridgehead atoms. The van der Waals surface area contributed by atoms with Crippen molar-refractivity contribution in [1.82, 2.24) is 14.3 Å². The van der Waals surface area contributed by atoms with Crippen molar-refractivity contribution in [2.75, 3.05) is 37.7 Å². The van der Waals surface area contributed by atoms with E-state index in [1.807, 2.05) is 31.2 Å². The van der Waals surface area contributed by atoms with Gasteiger partial charge < -0.3 is 14.6 Å². The fourth-order valence-corrected chi connectivity index (χ4v) is 4.86. The van der Waals surface area contributed by atoms with Crippen LogP contribution in [0.25, 0.3) is 11.0 Å². The smallest absolute Gasteiger partial charge is 0.246 e. The van der Waals surface area contributed by atoms with Crippen LogP contribution in [0, 0.1) is 0 Å². The molecule has 1 fully saturated rings. The highest BCUT2D eigenvalue weighted by Gasteiger charge is 2.31. The predicted octanol–water partition coefficient (Wildman–Crippen LogP) is 2.47. The molecule has 0 unspecified atom stereocenters. The first kappa shape index (κ1) is 17.8. The van der Waals surface area contributed by atoms with Gasteiger partial charge in [0.05, 0.1) is 17.6 Å². The Morgan fingerprint density at radius 1 is 1.04 bits per heavy atom. The first-order chi connectivity index (χ1) is 13.1. The standard InChI is InChI=1S/C19H22N4O3S/c1-2-26-17-9-5-6-10-18(17)27(24,25)23-13-11-22(12-14-23)19-20-15-7-3-4-8-16(15)21-19/h3-10H,2,11-14H2,1H3,(H,20,21). The van der Waals surface area contributed by atoms with Crippen LogP contribution < -0.4 is 9.64 Å². The van der Waals surface area contributed by atoms with Crippen molar-refractivity contribution in [1.29, 1.82) is 0 Å². The van der Waals surface area contributed by atoms with Gasteiger partial charge in [0.15, 0.2) is 0 Å². The average molecular weight is 386 g/mol. The largest absolute Gasteiger partial charge is 0.492 e. The molecule has 2 aromatic carbocycles. The third-order valence-corrected chi connectivity index (χ3v) is 6.62. The lowest BCUT2D eigenvalue weighted by atomic mass is 10.3. The van der Waals surface area contributed by atoms with Crippen molar-refractivity contribution in [3.8, 4) is 5.75 Å². The number of hydrogen-bond acceptors (Lipinski definition) is 5. The van der Waals surface area contributed by atoms with Crippen LogP contribution in [0.4, 0.5) is 5.95 Å². The molecule has 27 heavy (non-hydrogen) atoms. The van der Waals surface area contributed by atoms with Crippen molar-refractivity contribution in [2.24, 2.45) is 0 Å². The van der Waals surface area contributed by atoms with Gasteiger partial charge in [0.2, 0.25) is 16.0 Å². The molecule has 0 amide bonds. The molecule has 1 aromatic heterocycles. The number of fused-ring (bicyclic) bond motifs is 1. The molecule has 142 valence electrons. The fourth-order valence-electron chi connectivity index (χ4n) is 3.31. The summed E-state index contributed by atoms with van der Waals surface area (Å²) in [4.78, 5) is 10.2. The van der Waals surface area contributed by atoms with E-state index in [-0.39, 0.29) is 4.90 Å². The predicted molar refractivity (Wildman–Crippen MR) is 105 cm³/mol. The Morgan fingerprint density at radius 2 is 1.74 bits per heavy atom. The van der Waals surface area contributed by atoms with Crippen molar-refractivity contribution in [3.63, 3.8) is 0 Å². The maximum absolute atomic E-state index is 13.1. The lowest BCUT2D eigenvalue weighted by Gasteiger charge is -2.34. The summed E-state index contributed by atoms with van der Waals surface area (Å²) in [6.45, 7) is 4.23. The Balaban J connectivity index is 1.51. The van der Waals surface area contributed by atoms with Gasteiger partial charge in [-0.3, -0.25) is 0 Å². The number of sulfonamides is 1. The zero-order chi connectivity index (χ0) is 18.9. The van der Waals surface area contributed by atoms with Crippen LogP contribution in [-0.4, -0.2) is 55.5 Å². The van der Waals surface area contributed by atoms with E-state index in [0.29, 0.717) is 38.5 Å². The van der Waals surface area contributed by atoms with Gasteiger partial charge in [0.1, 0.15) is 10.6 Å². The molecule has 1 saturated heterocycles. The first-order valence-corrected chi connectivity index (χ1v) is 10.5. The topological polar surface area (TPSA) is 78.5 Å². The maximum atomic E-state index is 13.1. The van der Waals surface area contributed by atoms with Crippen molar-refractivity contribution in [2.45, 2.75) is 11.8 Å². The molecular formula is C19H22N4O3S. The van der Waals surface area contributed by atoms with E-state index in [1.165, 1.54) is 4.31 Å². The normalized spacial score (nSPS) is 16.0. The molecule has 2 heterocycles. The van der Waals surface area contributed by atoms with Crippen molar-refractivity contribution >= 4 is 27.0 Å². The lowest BCUT2D eigenvalue weighted by molar-refractivity contribution is 0.327. The van der Waals surface area contributed by atoms with Gasteiger partial charge in [-0.2, -0.15) is 4.31 Å². The number of aromatic nitrogens is 2. The summed E-state index contributed by atoms with van der Waals surface area (Å²) in [5.74, 6) is 1.18. The number of piperazine rings is 1. The maximum Gasteiger partial charge on any atom is 0.246 e. The number of benzene rings is 2. The van der Waals surface area contributed by atoms with Gasteiger partial charge in [0.25, 0.3) is 0 Å². The number of hydrogen-bond donors (Lipinski definition) is 1. The van der Waals surface area contributed by atoms with E-state index in [1.54, 1.807) is 24.3 Å². The number of nitrogens with one attached hydrogen (secondary N) is 1. The zero-order valence-corrected chi connectivity index (χ0v) is 15.9. The monoisotopic (exact) mass is 386 g/mol. The molecule has 3 aromatic rings. The number of para-hydroxylation sites is 3. The lowest BCUT2D eigenvalue weighted by Crippen LogP contribution is -2.49. The van der Waals surface area contributed by atoms with Gasteiger partial charge in [-0.05, 0) is 31.2 Å². The SMILES string of the molecule is CCOc1ccccc1S(=O)(=O)N1CCN(c2nc3ccccc3[nH]2)CC1. The fraction of sp³-hybridized carbons (Fsp3) is 0.316. The molecule has 0 atom stereocenters. The van der Waals surface area contributed by atoms with Gasteiger partial charge in [-0.15, -0.1) is 0 Å². The highest BCUT2D eigenvalue weighted by Crippen LogP contribution is 2.28. The van der Waals surface area contributed by atoms with Crippen LogP contribution in [0.15, 0.2) is 53.4 Å². The van der Waals surface area contributed by atoms with E-state index < -0.39 is 10.0 Å². The Morgan fingerprint density at radius 3 is 2.48 bits per heavy atom. The molecule has 0 saturated carbocycles. The molecule has 4 rings (SSSR count). The van der Waals surface area contributed by atoms with Crippen molar-refractivity contribution in [3.05, 3.63) is 48.5 Å². The minimum Gasteiger partial charge on any atom is -0.492 e.